The Labute approximate surface area is 64.0 Å². The van der Waals surface area contributed by atoms with Crippen molar-refractivity contribution in [3.8, 4) is 0 Å². The molecule has 0 aliphatic carbocycles. The van der Waals surface area contributed by atoms with Crippen LogP contribution in [0.1, 0.15) is 10.5 Å². The molecule has 0 fully saturated rings. The predicted octanol–water partition coefficient (Wildman–Crippen LogP) is -0.147. The van der Waals surface area contributed by atoms with E-state index in [1.807, 2.05) is 0 Å². The summed E-state index contributed by atoms with van der Waals surface area (Å²) >= 11 is 0. The lowest BCUT2D eigenvalue weighted by molar-refractivity contribution is -0.213. The summed E-state index contributed by atoms with van der Waals surface area (Å²) in [5, 5.41) is 5.55. The van der Waals surface area contributed by atoms with E-state index in [-0.39, 0.29) is 0 Å². The number of alkyl halides is 3. The molecule has 0 saturated heterocycles. The third-order valence-electron chi connectivity index (χ3n) is 1.01. The van der Waals surface area contributed by atoms with E-state index in [0.29, 0.717) is 6.20 Å². The van der Waals surface area contributed by atoms with E-state index in [1.54, 1.807) is 0 Å². The highest BCUT2D eigenvalue weighted by Gasteiger charge is 2.32. The van der Waals surface area contributed by atoms with Gasteiger partial charge in [-0.1, -0.05) is 5.21 Å². The molecule has 8 heteroatoms. The van der Waals surface area contributed by atoms with Crippen LogP contribution in [-0.4, -0.2) is 20.9 Å². The zero-order valence-electron chi connectivity index (χ0n) is 5.54. The van der Waals surface area contributed by atoms with Gasteiger partial charge >= 0.3 is 6.30 Å². The fourth-order valence-corrected chi connectivity index (χ4v) is 0.501. The van der Waals surface area contributed by atoms with Gasteiger partial charge in [0.15, 0.2) is 5.69 Å². The van der Waals surface area contributed by atoms with Crippen molar-refractivity contribution in [1.29, 1.82) is 0 Å². The van der Waals surface area contributed by atoms with Crippen molar-refractivity contribution >= 4 is 5.91 Å². The van der Waals surface area contributed by atoms with Gasteiger partial charge in [-0.3, -0.25) is 4.79 Å². The van der Waals surface area contributed by atoms with Crippen LogP contribution in [0.5, 0.6) is 0 Å². The molecule has 0 unspecified atom stereocenters. The van der Waals surface area contributed by atoms with E-state index < -0.39 is 22.6 Å². The Morgan fingerprint density at radius 2 is 2.17 bits per heavy atom. The first-order chi connectivity index (χ1) is 5.41. The van der Waals surface area contributed by atoms with E-state index in [1.165, 1.54) is 0 Å². The Balaban J connectivity index is 3.00. The third kappa shape index (κ3) is 1.52. The van der Waals surface area contributed by atoms with Gasteiger partial charge in [0.1, 0.15) is 0 Å². The summed E-state index contributed by atoms with van der Waals surface area (Å²) in [5.41, 5.74) is 4.13. The summed E-state index contributed by atoms with van der Waals surface area (Å²) in [6.45, 7) is 0. The number of primary amides is 1. The van der Waals surface area contributed by atoms with Crippen LogP contribution < -0.4 is 5.73 Å². The van der Waals surface area contributed by atoms with Gasteiger partial charge in [0.05, 0.1) is 6.20 Å². The van der Waals surface area contributed by atoms with Crippen molar-refractivity contribution in [3.05, 3.63) is 11.9 Å². The van der Waals surface area contributed by atoms with E-state index in [4.69, 9.17) is 0 Å². The van der Waals surface area contributed by atoms with Crippen LogP contribution in [0.3, 0.4) is 0 Å². The van der Waals surface area contributed by atoms with Crippen LogP contribution in [0, 0.1) is 0 Å². The molecule has 0 bridgehead atoms. The molecule has 0 aliphatic rings. The second-order valence-corrected chi connectivity index (χ2v) is 1.88. The predicted molar refractivity (Wildman–Crippen MR) is 29.8 cm³/mol. The quantitative estimate of drug-likeness (QED) is 0.653. The molecule has 1 aromatic rings. The molecule has 1 amide bonds. The Kier molecular flexibility index (Phi) is 1.75. The molecule has 2 N–H and O–H groups in total. The first-order valence-corrected chi connectivity index (χ1v) is 2.70. The largest absolute Gasteiger partial charge is 0.505 e. The van der Waals surface area contributed by atoms with Crippen LogP contribution in [0.4, 0.5) is 13.2 Å². The average molecular weight is 180 g/mol. The van der Waals surface area contributed by atoms with Gasteiger partial charge in [0.2, 0.25) is 0 Å². The molecule has 5 nitrogen and oxygen atoms in total. The van der Waals surface area contributed by atoms with Gasteiger partial charge in [-0.05, 0) is 0 Å². The van der Waals surface area contributed by atoms with E-state index in [2.05, 4.69) is 16.0 Å². The second-order valence-electron chi connectivity index (χ2n) is 1.88. The van der Waals surface area contributed by atoms with Crippen molar-refractivity contribution in [2.75, 3.05) is 0 Å². The molecule has 66 valence electrons. The van der Waals surface area contributed by atoms with Crippen LogP contribution in [0.2, 0.25) is 0 Å². The van der Waals surface area contributed by atoms with Gasteiger partial charge in [-0.15, -0.1) is 18.3 Å². The van der Waals surface area contributed by atoms with Crippen molar-refractivity contribution in [3.63, 3.8) is 0 Å². The standard InChI is InChI=1S/C4H3F3N4O/c5-4(6,7)11-1-2(3(8)12)9-10-11/h1H,(H2,8,12). The number of nitrogens with two attached hydrogens (primary N) is 1. The van der Waals surface area contributed by atoms with Crippen molar-refractivity contribution < 1.29 is 18.0 Å². The summed E-state index contributed by atoms with van der Waals surface area (Å²) in [6, 6.07) is 0. The fourth-order valence-electron chi connectivity index (χ4n) is 0.501. The number of amides is 1. The maximum atomic E-state index is 11.8. The molecule has 1 rings (SSSR count). The molecule has 0 aliphatic heterocycles. The number of hydrogen-bond acceptors (Lipinski definition) is 3. The smallest absolute Gasteiger partial charge is 0.364 e. The number of rotatable bonds is 1. The lowest BCUT2D eigenvalue weighted by Gasteiger charge is -2.01. The first kappa shape index (κ1) is 8.50. The van der Waals surface area contributed by atoms with Gasteiger partial charge in [0.25, 0.3) is 5.91 Å². The van der Waals surface area contributed by atoms with Crippen LogP contribution >= 0.6 is 0 Å². The maximum absolute atomic E-state index is 11.8. The fraction of sp³-hybridized carbons (Fsp3) is 0.250. The van der Waals surface area contributed by atoms with Crippen LogP contribution in [0.15, 0.2) is 6.20 Å². The Morgan fingerprint density at radius 3 is 2.42 bits per heavy atom. The minimum absolute atomic E-state index is 0.396. The Morgan fingerprint density at radius 1 is 1.58 bits per heavy atom. The second kappa shape index (κ2) is 2.47. The first-order valence-electron chi connectivity index (χ1n) is 2.70. The minimum atomic E-state index is -4.67. The highest BCUT2D eigenvalue weighted by Crippen LogP contribution is 2.19. The van der Waals surface area contributed by atoms with Crippen LogP contribution in [0.25, 0.3) is 0 Å². The lowest BCUT2D eigenvalue weighted by atomic mass is 10.5. The highest BCUT2D eigenvalue weighted by atomic mass is 19.4. The average Bonchev–Trinajstić information content (AvgIpc) is 2.30. The zero-order chi connectivity index (χ0) is 9.35. The van der Waals surface area contributed by atoms with Crippen LogP contribution in [-0.2, 0) is 6.30 Å². The Hall–Kier alpha value is -1.60. The number of carbonyl (C=O) groups is 1. The molecule has 1 heterocycles. The number of hydrogen-bond donors (Lipinski definition) is 1. The molecule has 0 saturated carbocycles. The summed E-state index contributed by atoms with van der Waals surface area (Å²) in [7, 11) is 0. The van der Waals surface area contributed by atoms with Gasteiger partial charge in [-0.25, -0.2) is 0 Å². The maximum Gasteiger partial charge on any atom is 0.505 e. The van der Waals surface area contributed by atoms with Gasteiger partial charge < -0.3 is 5.73 Å². The number of halogens is 3. The molecule has 0 radical (unpaired) electrons. The summed E-state index contributed by atoms with van der Waals surface area (Å²) < 4.78 is 34.9. The van der Waals surface area contributed by atoms with Gasteiger partial charge in [-0.2, -0.15) is 4.68 Å². The van der Waals surface area contributed by atoms with E-state index in [9.17, 15) is 18.0 Å². The third-order valence-corrected chi connectivity index (χ3v) is 1.01. The van der Waals surface area contributed by atoms with Crippen molar-refractivity contribution in [1.82, 2.24) is 15.0 Å². The molecule has 0 atom stereocenters. The highest BCUT2D eigenvalue weighted by molar-refractivity contribution is 5.90. The summed E-state index contributed by atoms with van der Waals surface area (Å²) in [6.07, 6.45) is -4.25. The molecular weight excluding hydrogens is 177 g/mol. The molecule has 12 heavy (non-hydrogen) atoms. The summed E-state index contributed by atoms with van der Waals surface area (Å²) in [5.74, 6) is -1.05. The minimum Gasteiger partial charge on any atom is -0.364 e. The molecule has 0 aromatic carbocycles. The number of nitrogens with zero attached hydrogens (tertiary/aromatic N) is 3. The van der Waals surface area contributed by atoms with E-state index >= 15 is 0 Å². The normalized spacial score (nSPS) is 11.6. The van der Waals surface area contributed by atoms with Gasteiger partial charge in [0, 0.05) is 0 Å². The number of aromatic nitrogens is 3. The van der Waals surface area contributed by atoms with Crippen molar-refractivity contribution in [2.24, 2.45) is 5.73 Å². The zero-order valence-corrected chi connectivity index (χ0v) is 5.54. The Bertz CT molecular complexity index is 303. The number of carbonyl (C=O) groups excluding carboxylic acids is 1. The van der Waals surface area contributed by atoms with Crippen molar-refractivity contribution in [2.45, 2.75) is 6.30 Å². The lowest BCUT2D eigenvalue weighted by Crippen LogP contribution is -2.17. The summed E-state index contributed by atoms with van der Waals surface area (Å²) in [4.78, 5) is 10.3. The topological polar surface area (TPSA) is 73.8 Å². The monoisotopic (exact) mass is 180 g/mol. The molecular formula is C4H3F3N4O. The molecule has 1 aromatic heterocycles. The van der Waals surface area contributed by atoms with E-state index in [0.717, 1.165) is 0 Å². The molecule has 0 spiro atoms. The SMILES string of the molecule is NC(=O)c1cn(C(F)(F)F)nn1.